The summed E-state index contributed by atoms with van der Waals surface area (Å²) in [6.45, 7) is 6.55. The second-order valence-corrected chi connectivity index (χ2v) is 6.55. The lowest BCUT2D eigenvalue weighted by Gasteiger charge is -2.36. The first kappa shape index (κ1) is 17.3. The molecule has 1 amide bonds. The first-order valence-electron chi connectivity index (χ1n) is 8.76. The van der Waals surface area contributed by atoms with Crippen molar-refractivity contribution in [3.05, 3.63) is 35.6 Å². The van der Waals surface area contributed by atoms with Gasteiger partial charge in [0.25, 0.3) is 0 Å². The van der Waals surface area contributed by atoms with E-state index in [0.717, 1.165) is 38.3 Å². The highest BCUT2D eigenvalue weighted by molar-refractivity contribution is 5.88. The number of piperazine rings is 1. The van der Waals surface area contributed by atoms with E-state index in [2.05, 4.69) is 15.5 Å². The summed E-state index contributed by atoms with van der Waals surface area (Å²) in [6, 6.07) is 6.43. The van der Waals surface area contributed by atoms with E-state index in [-0.39, 0.29) is 11.7 Å². The molecular formula is C18H26FN3O2. The highest BCUT2D eigenvalue weighted by Crippen LogP contribution is 2.35. The Labute approximate surface area is 142 Å². The third-order valence-electron chi connectivity index (χ3n) is 5.08. The van der Waals surface area contributed by atoms with Gasteiger partial charge in [-0.05, 0) is 30.5 Å². The van der Waals surface area contributed by atoms with Gasteiger partial charge >= 0.3 is 0 Å². The second kappa shape index (κ2) is 8.05. The number of halogens is 1. The van der Waals surface area contributed by atoms with Crippen LogP contribution in [0, 0.1) is 5.82 Å². The molecule has 0 radical (unpaired) electrons. The van der Waals surface area contributed by atoms with Crippen LogP contribution in [0.3, 0.4) is 0 Å². The summed E-state index contributed by atoms with van der Waals surface area (Å²) in [5.74, 6) is -0.307. The summed E-state index contributed by atoms with van der Waals surface area (Å²) in [6.07, 6.45) is 1.19. The van der Waals surface area contributed by atoms with Crippen molar-refractivity contribution in [3.8, 4) is 0 Å². The van der Waals surface area contributed by atoms with Crippen molar-refractivity contribution in [1.29, 1.82) is 0 Å². The summed E-state index contributed by atoms with van der Waals surface area (Å²) in [5, 5.41) is 6.40. The number of hydrogen-bond donors (Lipinski definition) is 2. The fourth-order valence-electron chi connectivity index (χ4n) is 3.58. The van der Waals surface area contributed by atoms with Crippen molar-refractivity contribution in [3.63, 3.8) is 0 Å². The summed E-state index contributed by atoms with van der Waals surface area (Å²) in [7, 11) is 0. The fraction of sp³-hybridized carbons (Fsp3) is 0.611. The summed E-state index contributed by atoms with van der Waals surface area (Å²) in [4.78, 5) is 15.3. The average Bonchev–Trinajstić information content (AvgIpc) is 2.63. The lowest BCUT2D eigenvalue weighted by molar-refractivity contribution is -0.130. The number of ether oxygens (including phenoxy) is 1. The van der Waals surface area contributed by atoms with Gasteiger partial charge in [0.15, 0.2) is 0 Å². The van der Waals surface area contributed by atoms with Crippen LogP contribution in [0.5, 0.6) is 0 Å². The minimum absolute atomic E-state index is 0.00784. The number of nitrogens with one attached hydrogen (secondary N) is 2. The Kier molecular flexibility index (Phi) is 5.81. The molecule has 6 heteroatoms. The number of nitrogens with zero attached hydrogens (tertiary/aromatic N) is 1. The molecule has 1 aromatic carbocycles. The molecule has 1 aromatic rings. The zero-order valence-corrected chi connectivity index (χ0v) is 14.0. The predicted octanol–water partition coefficient (Wildman–Crippen LogP) is 0.895. The van der Waals surface area contributed by atoms with E-state index in [0.29, 0.717) is 32.6 Å². The maximum Gasteiger partial charge on any atom is 0.230 e. The Hall–Kier alpha value is -1.50. The smallest absolute Gasteiger partial charge is 0.230 e. The van der Waals surface area contributed by atoms with Gasteiger partial charge in [0.1, 0.15) is 5.82 Å². The normalized spacial score (nSPS) is 21.4. The average molecular weight is 335 g/mol. The standard InChI is InChI=1S/C18H26FN3O2/c19-16-3-1-2-15(14-16)18(4-12-24-13-5-18)17(23)21-8-11-22-9-6-20-7-10-22/h1-3,14,20H,4-13H2,(H,21,23). The molecule has 0 saturated carbocycles. The summed E-state index contributed by atoms with van der Waals surface area (Å²) in [5.41, 5.74) is 0.0783. The third kappa shape index (κ3) is 3.94. The third-order valence-corrected chi connectivity index (χ3v) is 5.08. The second-order valence-electron chi connectivity index (χ2n) is 6.55. The van der Waals surface area contributed by atoms with Crippen molar-refractivity contribution in [2.45, 2.75) is 18.3 Å². The largest absolute Gasteiger partial charge is 0.381 e. The van der Waals surface area contributed by atoms with Crippen LogP contribution < -0.4 is 10.6 Å². The van der Waals surface area contributed by atoms with Crippen LogP contribution in [0.2, 0.25) is 0 Å². The number of rotatable bonds is 5. The van der Waals surface area contributed by atoms with Crippen LogP contribution in [0.15, 0.2) is 24.3 Å². The minimum atomic E-state index is -0.677. The molecule has 0 bridgehead atoms. The van der Waals surface area contributed by atoms with Crippen LogP contribution in [0.1, 0.15) is 18.4 Å². The van der Waals surface area contributed by atoms with Gasteiger partial charge in [-0.2, -0.15) is 0 Å². The zero-order chi connectivity index (χ0) is 16.8. The number of carbonyl (C=O) groups excluding carboxylic acids is 1. The van der Waals surface area contributed by atoms with Crippen molar-refractivity contribution in [2.75, 3.05) is 52.5 Å². The van der Waals surface area contributed by atoms with Gasteiger partial charge in [-0.3, -0.25) is 9.69 Å². The van der Waals surface area contributed by atoms with Gasteiger partial charge in [0, 0.05) is 52.5 Å². The molecule has 0 spiro atoms. The maximum atomic E-state index is 13.7. The molecule has 2 saturated heterocycles. The van der Waals surface area contributed by atoms with Crippen LogP contribution in [-0.4, -0.2) is 63.3 Å². The van der Waals surface area contributed by atoms with Crippen molar-refractivity contribution >= 4 is 5.91 Å². The van der Waals surface area contributed by atoms with Crippen LogP contribution in [0.25, 0.3) is 0 Å². The number of benzene rings is 1. The quantitative estimate of drug-likeness (QED) is 0.839. The predicted molar refractivity (Wildman–Crippen MR) is 90.5 cm³/mol. The van der Waals surface area contributed by atoms with Gasteiger partial charge in [0.05, 0.1) is 5.41 Å². The van der Waals surface area contributed by atoms with E-state index in [1.165, 1.54) is 12.1 Å². The number of carbonyl (C=O) groups is 1. The Morgan fingerprint density at radius 2 is 2.04 bits per heavy atom. The molecule has 0 unspecified atom stereocenters. The van der Waals surface area contributed by atoms with E-state index >= 15 is 0 Å². The highest BCUT2D eigenvalue weighted by atomic mass is 19.1. The Morgan fingerprint density at radius 3 is 2.75 bits per heavy atom. The molecule has 5 nitrogen and oxygen atoms in total. The highest BCUT2D eigenvalue weighted by Gasteiger charge is 2.41. The molecule has 24 heavy (non-hydrogen) atoms. The Morgan fingerprint density at radius 1 is 1.29 bits per heavy atom. The minimum Gasteiger partial charge on any atom is -0.381 e. The van der Waals surface area contributed by atoms with Crippen molar-refractivity contribution < 1.29 is 13.9 Å². The molecule has 2 aliphatic rings. The van der Waals surface area contributed by atoms with Crippen molar-refractivity contribution in [1.82, 2.24) is 15.5 Å². The molecule has 0 aliphatic carbocycles. The lowest BCUT2D eigenvalue weighted by Crippen LogP contribution is -2.51. The first-order valence-corrected chi connectivity index (χ1v) is 8.76. The molecule has 0 aromatic heterocycles. The zero-order valence-electron chi connectivity index (χ0n) is 14.0. The SMILES string of the molecule is O=C(NCCN1CCNCC1)C1(c2cccc(F)c2)CCOCC1. The molecule has 2 fully saturated rings. The van der Waals surface area contributed by atoms with Gasteiger partial charge in [-0.1, -0.05) is 12.1 Å². The van der Waals surface area contributed by atoms with E-state index in [1.807, 2.05) is 6.07 Å². The molecule has 3 rings (SSSR count). The van der Waals surface area contributed by atoms with Crippen LogP contribution >= 0.6 is 0 Å². The van der Waals surface area contributed by atoms with Gasteiger partial charge in [-0.25, -0.2) is 4.39 Å². The lowest BCUT2D eigenvalue weighted by atomic mass is 9.73. The first-order chi connectivity index (χ1) is 11.7. The molecular weight excluding hydrogens is 309 g/mol. The molecule has 2 aliphatic heterocycles. The summed E-state index contributed by atoms with van der Waals surface area (Å²) < 4.78 is 19.1. The van der Waals surface area contributed by atoms with Crippen LogP contribution in [0.4, 0.5) is 4.39 Å². The van der Waals surface area contributed by atoms with Crippen LogP contribution in [-0.2, 0) is 14.9 Å². The van der Waals surface area contributed by atoms with E-state index in [4.69, 9.17) is 4.74 Å². The maximum absolute atomic E-state index is 13.7. The van der Waals surface area contributed by atoms with E-state index in [9.17, 15) is 9.18 Å². The number of amides is 1. The molecule has 2 heterocycles. The van der Waals surface area contributed by atoms with Gasteiger partial charge in [0.2, 0.25) is 5.91 Å². The molecule has 0 atom stereocenters. The van der Waals surface area contributed by atoms with Gasteiger partial charge in [-0.15, -0.1) is 0 Å². The monoisotopic (exact) mass is 335 g/mol. The summed E-state index contributed by atoms with van der Waals surface area (Å²) >= 11 is 0. The van der Waals surface area contributed by atoms with E-state index in [1.54, 1.807) is 6.07 Å². The topological polar surface area (TPSA) is 53.6 Å². The number of hydrogen-bond acceptors (Lipinski definition) is 4. The Balaban J connectivity index is 1.65. The van der Waals surface area contributed by atoms with E-state index < -0.39 is 5.41 Å². The Bertz CT molecular complexity index is 555. The van der Waals surface area contributed by atoms with Gasteiger partial charge < -0.3 is 15.4 Å². The molecule has 2 N–H and O–H groups in total. The fourth-order valence-corrected chi connectivity index (χ4v) is 3.58. The molecule has 132 valence electrons. The van der Waals surface area contributed by atoms with Crippen molar-refractivity contribution in [2.24, 2.45) is 0 Å².